The Bertz CT molecular complexity index is 184. The fourth-order valence-electron chi connectivity index (χ4n) is 1.72. The van der Waals surface area contributed by atoms with Crippen LogP contribution in [0.3, 0.4) is 0 Å². The normalized spacial score (nSPS) is 16.4. The van der Waals surface area contributed by atoms with Gasteiger partial charge in [0.1, 0.15) is 0 Å². The van der Waals surface area contributed by atoms with Crippen molar-refractivity contribution in [1.29, 1.82) is 0 Å². The van der Waals surface area contributed by atoms with Gasteiger partial charge in [-0.1, -0.05) is 27.7 Å². The molecule has 0 unspecified atom stereocenters. The maximum Gasteiger partial charge on any atom is 0.225 e. The van der Waals surface area contributed by atoms with E-state index in [1.807, 2.05) is 0 Å². The number of carbonyl (C=O) groups excluding carboxylic acids is 1. The third kappa shape index (κ3) is 3.69. The maximum atomic E-state index is 11.9. The molecule has 0 spiro atoms. The van der Waals surface area contributed by atoms with E-state index in [1.54, 1.807) is 0 Å². The number of hydrogen-bond donors (Lipinski definition) is 0. The fraction of sp³-hybridized carbons (Fsp3) is 0.917. The molecule has 0 aliphatic heterocycles. The highest BCUT2D eigenvalue weighted by atomic mass is 16.2. The summed E-state index contributed by atoms with van der Waals surface area (Å²) in [5, 5.41) is 0. The van der Waals surface area contributed by atoms with E-state index in [2.05, 4.69) is 32.6 Å². The predicted octanol–water partition coefficient (Wildman–Crippen LogP) is 2.54. The third-order valence-electron chi connectivity index (χ3n) is 2.41. The zero-order valence-electron chi connectivity index (χ0n) is 9.92. The van der Waals surface area contributed by atoms with E-state index in [9.17, 15) is 4.79 Å². The van der Waals surface area contributed by atoms with E-state index in [4.69, 9.17) is 0 Å². The molecule has 0 saturated heterocycles. The number of nitrogens with zero attached hydrogens (tertiary/aromatic N) is 1. The van der Waals surface area contributed by atoms with Gasteiger partial charge in [0, 0.05) is 19.0 Å². The Morgan fingerprint density at radius 1 is 1.14 bits per heavy atom. The highest BCUT2D eigenvalue weighted by Crippen LogP contribution is 2.31. The molecule has 14 heavy (non-hydrogen) atoms. The molecule has 0 aromatic carbocycles. The predicted molar refractivity (Wildman–Crippen MR) is 59.0 cm³/mol. The standard InChI is InChI=1S/C12H23NO/c1-9(2)7-13(8-10(3)4)12(14)11-5-6-11/h9-11H,5-8H2,1-4H3. The van der Waals surface area contributed by atoms with Gasteiger partial charge in [0.25, 0.3) is 0 Å². The topological polar surface area (TPSA) is 20.3 Å². The molecule has 0 bridgehead atoms. The summed E-state index contributed by atoms with van der Waals surface area (Å²) < 4.78 is 0. The SMILES string of the molecule is CC(C)CN(CC(C)C)C(=O)C1CC1. The lowest BCUT2D eigenvalue weighted by atomic mass is 10.1. The van der Waals surface area contributed by atoms with E-state index in [1.165, 1.54) is 0 Å². The minimum absolute atomic E-state index is 0.368. The van der Waals surface area contributed by atoms with Crippen molar-refractivity contribution in [2.45, 2.75) is 40.5 Å². The van der Waals surface area contributed by atoms with E-state index in [0.717, 1.165) is 25.9 Å². The molecule has 2 heteroatoms. The Labute approximate surface area is 87.7 Å². The molecule has 0 atom stereocenters. The van der Waals surface area contributed by atoms with Crippen LogP contribution in [0.2, 0.25) is 0 Å². The van der Waals surface area contributed by atoms with Gasteiger partial charge in [0.2, 0.25) is 5.91 Å². The van der Waals surface area contributed by atoms with E-state index >= 15 is 0 Å². The Hall–Kier alpha value is -0.530. The van der Waals surface area contributed by atoms with Crippen molar-refractivity contribution in [1.82, 2.24) is 4.90 Å². The van der Waals surface area contributed by atoms with Crippen molar-refractivity contribution in [2.75, 3.05) is 13.1 Å². The van der Waals surface area contributed by atoms with Crippen LogP contribution in [0, 0.1) is 17.8 Å². The second-order valence-electron chi connectivity index (χ2n) is 5.31. The quantitative estimate of drug-likeness (QED) is 0.663. The van der Waals surface area contributed by atoms with Gasteiger partial charge < -0.3 is 4.90 Å². The lowest BCUT2D eigenvalue weighted by Crippen LogP contribution is -2.37. The van der Waals surface area contributed by atoms with Crippen LogP contribution in [-0.2, 0) is 4.79 Å². The lowest BCUT2D eigenvalue weighted by molar-refractivity contribution is -0.133. The van der Waals surface area contributed by atoms with Crippen LogP contribution in [0.1, 0.15) is 40.5 Å². The lowest BCUT2D eigenvalue weighted by Gasteiger charge is -2.26. The maximum absolute atomic E-state index is 11.9. The molecule has 1 amide bonds. The number of amides is 1. The number of carbonyl (C=O) groups is 1. The first-order valence-electron chi connectivity index (χ1n) is 5.79. The zero-order valence-corrected chi connectivity index (χ0v) is 9.92. The molecular weight excluding hydrogens is 174 g/mol. The van der Waals surface area contributed by atoms with Gasteiger partial charge in [-0.3, -0.25) is 4.79 Å². The van der Waals surface area contributed by atoms with E-state index in [-0.39, 0.29) is 0 Å². The summed E-state index contributed by atoms with van der Waals surface area (Å²) in [5.41, 5.74) is 0. The van der Waals surface area contributed by atoms with Gasteiger partial charge in [-0.2, -0.15) is 0 Å². The molecule has 2 nitrogen and oxygen atoms in total. The zero-order chi connectivity index (χ0) is 10.7. The van der Waals surface area contributed by atoms with Crippen LogP contribution >= 0.6 is 0 Å². The second kappa shape index (κ2) is 4.81. The molecule has 1 aliphatic carbocycles. The summed E-state index contributed by atoms with van der Waals surface area (Å²) in [4.78, 5) is 14.0. The van der Waals surface area contributed by atoms with E-state index < -0.39 is 0 Å². The Balaban J connectivity index is 2.46. The van der Waals surface area contributed by atoms with Gasteiger partial charge >= 0.3 is 0 Å². The van der Waals surface area contributed by atoms with Crippen molar-refractivity contribution in [2.24, 2.45) is 17.8 Å². The van der Waals surface area contributed by atoms with Crippen molar-refractivity contribution >= 4 is 5.91 Å². The van der Waals surface area contributed by atoms with Gasteiger partial charge in [0.15, 0.2) is 0 Å². The van der Waals surface area contributed by atoms with Crippen LogP contribution in [0.4, 0.5) is 0 Å². The molecular formula is C12H23NO. The van der Waals surface area contributed by atoms with Crippen LogP contribution in [0.5, 0.6) is 0 Å². The van der Waals surface area contributed by atoms with Crippen LogP contribution in [-0.4, -0.2) is 23.9 Å². The minimum atomic E-state index is 0.368. The van der Waals surface area contributed by atoms with Gasteiger partial charge in [0.05, 0.1) is 0 Å². The molecule has 0 N–H and O–H groups in total. The van der Waals surface area contributed by atoms with Crippen molar-refractivity contribution in [3.8, 4) is 0 Å². The molecule has 0 radical (unpaired) electrons. The highest BCUT2D eigenvalue weighted by Gasteiger charge is 2.33. The molecule has 0 heterocycles. The molecule has 0 aromatic heterocycles. The van der Waals surface area contributed by atoms with Gasteiger partial charge in [-0.05, 0) is 24.7 Å². The summed E-state index contributed by atoms with van der Waals surface area (Å²) >= 11 is 0. The van der Waals surface area contributed by atoms with Crippen molar-refractivity contribution in [3.63, 3.8) is 0 Å². The Kier molecular flexibility index (Phi) is 3.97. The Morgan fingerprint density at radius 2 is 1.57 bits per heavy atom. The van der Waals surface area contributed by atoms with Crippen LogP contribution in [0.15, 0.2) is 0 Å². The summed E-state index contributed by atoms with van der Waals surface area (Å²) in [6, 6.07) is 0. The summed E-state index contributed by atoms with van der Waals surface area (Å²) in [5.74, 6) is 1.92. The second-order valence-corrected chi connectivity index (χ2v) is 5.31. The average Bonchev–Trinajstić information content (AvgIpc) is 2.82. The summed E-state index contributed by atoms with van der Waals surface area (Å²) in [6.45, 7) is 10.5. The first kappa shape index (κ1) is 11.5. The summed E-state index contributed by atoms with van der Waals surface area (Å²) in [6.07, 6.45) is 2.23. The van der Waals surface area contributed by atoms with Gasteiger partial charge in [-0.15, -0.1) is 0 Å². The first-order valence-corrected chi connectivity index (χ1v) is 5.79. The smallest absolute Gasteiger partial charge is 0.225 e. The van der Waals surface area contributed by atoms with E-state index in [0.29, 0.717) is 23.7 Å². The molecule has 1 rings (SSSR count). The molecule has 1 fully saturated rings. The highest BCUT2D eigenvalue weighted by molar-refractivity contribution is 5.81. The summed E-state index contributed by atoms with van der Waals surface area (Å²) in [7, 11) is 0. The largest absolute Gasteiger partial charge is 0.342 e. The minimum Gasteiger partial charge on any atom is -0.342 e. The van der Waals surface area contributed by atoms with Gasteiger partial charge in [-0.25, -0.2) is 0 Å². The monoisotopic (exact) mass is 197 g/mol. The molecule has 1 saturated carbocycles. The Morgan fingerprint density at radius 3 is 1.86 bits per heavy atom. The fourth-order valence-corrected chi connectivity index (χ4v) is 1.72. The van der Waals surface area contributed by atoms with Crippen molar-refractivity contribution in [3.05, 3.63) is 0 Å². The first-order chi connectivity index (χ1) is 6.50. The number of hydrogen-bond acceptors (Lipinski definition) is 1. The third-order valence-corrected chi connectivity index (χ3v) is 2.41. The van der Waals surface area contributed by atoms with Crippen molar-refractivity contribution < 1.29 is 4.79 Å². The van der Waals surface area contributed by atoms with Crippen LogP contribution in [0.25, 0.3) is 0 Å². The van der Waals surface area contributed by atoms with Crippen LogP contribution < -0.4 is 0 Å². The molecule has 1 aliphatic rings. The number of rotatable bonds is 5. The molecule has 0 aromatic rings. The average molecular weight is 197 g/mol. The molecule has 82 valence electrons.